The van der Waals surface area contributed by atoms with Gasteiger partial charge in [-0.1, -0.05) is 43.6 Å². The molecule has 0 aromatic rings. The summed E-state index contributed by atoms with van der Waals surface area (Å²) in [6.45, 7) is 6.59. The first-order valence-electron chi connectivity index (χ1n) is 6.05. The van der Waals surface area contributed by atoms with E-state index in [1.54, 1.807) is 0 Å². The molecule has 0 aromatic heterocycles. The number of unbranched alkanes of at least 4 members (excludes halogenated alkanes) is 5. The van der Waals surface area contributed by atoms with Gasteiger partial charge in [0.1, 0.15) is 0 Å². The third-order valence-electron chi connectivity index (χ3n) is 2.27. The van der Waals surface area contributed by atoms with Crippen LogP contribution in [0.4, 0.5) is 0 Å². The van der Waals surface area contributed by atoms with Gasteiger partial charge < -0.3 is 0 Å². The van der Waals surface area contributed by atoms with Gasteiger partial charge in [0, 0.05) is 0 Å². The van der Waals surface area contributed by atoms with Crippen molar-refractivity contribution in [2.45, 2.75) is 65.7 Å². The van der Waals surface area contributed by atoms with Gasteiger partial charge in [0.05, 0.1) is 0 Å². The Bertz CT molecular complexity index is 159. The molecular formula is C14H26. The van der Waals surface area contributed by atoms with E-state index in [0.29, 0.717) is 0 Å². The zero-order valence-electron chi connectivity index (χ0n) is 10.2. The van der Waals surface area contributed by atoms with Gasteiger partial charge in [0.25, 0.3) is 0 Å². The second-order valence-electron chi connectivity index (χ2n) is 4.18. The Hall–Kier alpha value is -0.520. The molecule has 0 amide bonds. The molecule has 0 aliphatic heterocycles. The smallest absolute Gasteiger partial charge is 0.0345 e. The van der Waals surface area contributed by atoms with Crippen LogP contribution in [-0.2, 0) is 0 Å². The van der Waals surface area contributed by atoms with Gasteiger partial charge in [-0.25, -0.2) is 0 Å². The summed E-state index contributed by atoms with van der Waals surface area (Å²) >= 11 is 0. The molecule has 0 radical (unpaired) electrons. The lowest BCUT2D eigenvalue weighted by Crippen LogP contribution is -1.73. The Balaban J connectivity index is 3.15. The zero-order valence-corrected chi connectivity index (χ0v) is 10.2. The summed E-state index contributed by atoms with van der Waals surface area (Å²) in [5.74, 6) is 0. The highest BCUT2D eigenvalue weighted by molar-refractivity contribution is 4.93. The van der Waals surface area contributed by atoms with Crippen molar-refractivity contribution in [2.24, 2.45) is 0 Å². The summed E-state index contributed by atoms with van der Waals surface area (Å²) in [4.78, 5) is 0. The Labute approximate surface area is 90.1 Å². The van der Waals surface area contributed by atoms with Crippen LogP contribution in [-0.4, -0.2) is 0 Å². The molecule has 0 saturated heterocycles. The normalized spacial score (nSPS) is 10.8. The van der Waals surface area contributed by atoms with Gasteiger partial charge in [-0.15, -0.1) is 0 Å². The zero-order chi connectivity index (χ0) is 10.6. The van der Waals surface area contributed by atoms with E-state index in [2.05, 4.69) is 39.0 Å². The van der Waals surface area contributed by atoms with Gasteiger partial charge in [-0.2, -0.15) is 0 Å². The first kappa shape index (κ1) is 13.5. The standard InChI is InChI=1S/C14H26/c1-4-5-6-7-8-9-10-11-12-13-14(2)3/h8-9,13H,4-7,10-12H2,1-3H3. The average Bonchev–Trinajstić information content (AvgIpc) is 2.15. The van der Waals surface area contributed by atoms with Crippen molar-refractivity contribution < 1.29 is 0 Å². The number of hydrogen-bond donors (Lipinski definition) is 0. The van der Waals surface area contributed by atoms with E-state index in [-0.39, 0.29) is 0 Å². The van der Waals surface area contributed by atoms with Gasteiger partial charge in [-0.05, 0) is 46.0 Å². The van der Waals surface area contributed by atoms with E-state index < -0.39 is 0 Å². The molecule has 0 fully saturated rings. The molecule has 0 aliphatic rings. The molecule has 14 heavy (non-hydrogen) atoms. The van der Waals surface area contributed by atoms with Crippen LogP contribution in [0.1, 0.15) is 65.7 Å². The fourth-order valence-corrected chi connectivity index (χ4v) is 1.37. The summed E-state index contributed by atoms with van der Waals surface area (Å²) in [6, 6.07) is 0. The maximum atomic E-state index is 2.35. The molecule has 82 valence electrons. The van der Waals surface area contributed by atoms with Crippen molar-refractivity contribution in [1.82, 2.24) is 0 Å². The molecule has 0 saturated carbocycles. The highest BCUT2D eigenvalue weighted by Gasteiger charge is 1.83. The molecule has 0 rings (SSSR count). The molecule has 0 unspecified atom stereocenters. The second-order valence-corrected chi connectivity index (χ2v) is 4.18. The topological polar surface area (TPSA) is 0 Å². The molecule has 0 heteroatoms. The van der Waals surface area contributed by atoms with Gasteiger partial charge >= 0.3 is 0 Å². The minimum Gasteiger partial charge on any atom is -0.0885 e. The van der Waals surface area contributed by atoms with E-state index in [4.69, 9.17) is 0 Å². The van der Waals surface area contributed by atoms with Crippen LogP contribution in [0.2, 0.25) is 0 Å². The first-order chi connectivity index (χ1) is 6.77. The van der Waals surface area contributed by atoms with Crippen LogP contribution < -0.4 is 0 Å². The van der Waals surface area contributed by atoms with Crippen LogP contribution in [0, 0.1) is 0 Å². The molecule has 0 N–H and O–H groups in total. The molecule has 0 aromatic carbocycles. The highest BCUT2D eigenvalue weighted by atomic mass is 13.9. The van der Waals surface area contributed by atoms with Gasteiger partial charge in [0.2, 0.25) is 0 Å². The molecule has 0 aliphatic carbocycles. The van der Waals surface area contributed by atoms with E-state index in [1.807, 2.05) is 0 Å². The summed E-state index contributed by atoms with van der Waals surface area (Å²) in [5, 5.41) is 0. The van der Waals surface area contributed by atoms with Crippen LogP contribution >= 0.6 is 0 Å². The minimum absolute atomic E-state index is 1.24. The van der Waals surface area contributed by atoms with Crippen molar-refractivity contribution in [3.8, 4) is 0 Å². The number of allylic oxidation sites excluding steroid dienone is 4. The Morgan fingerprint density at radius 1 is 0.857 bits per heavy atom. The second kappa shape index (κ2) is 10.6. The first-order valence-corrected chi connectivity index (χ1v) is 6.05. The van der Waals surface area contributed by atoms with E-state index in [9.17, 15) is 0 Å². The molecule has 0 spiro atoms. The van der Waals surface area contributed by atoms with Crippen LogP contribution in [0.25, 0.3) is 0 Å². The lowest BCUT2D eigenvalue weighted by atomic mass is 10.1. The van der Waals surface area contributed by atoms with E-state index >= 15 is 0 Å². The fraction of sp³-hybridized carbons (Fsp3) is 0.714. The SMILES string of the molecule is CCCCCC=CCCCC=C(C)C. The quantitative estimate of drug-likeness (QED) is 0.365. The van der Waals surface area contributed by atoms with Crippen LogP contribution in [0.15, 0.2) is 23.8 Å². The highest BCUT2D eigenvalue weighted by Crippen LogP contribution is 2.04. The number of hydrogen-bond acceptors (Lipinski definition) is 0. The average molecular weight is 194 g/mol. The predicted molar refractivity (Wildman–Crippen MR) is 66.6 cm³/mol. The Morgan fingerprint density at radius 3 is 2.07 bits per heavy atom. The van der Waals surface area contributed by atoms with Crippen molar-refractivity contribution in [1.29, 1.82) is 0 Å². The maximum absolute atomic E-state index is 2.35. The Morgan fingerprint density at radius 2 is 1.50 bits per heavy atom. The fourth-order valence-electron chi connectivity index (χ4n) is 1.37. The van der Waals surface area contributed by atoms with Gasteiger partial charge in [-0.3, -0.25) is 0 Å². The van der Waals surface area contributed by atoms with Gasteiger partial charge in [0.15, 0.2) is 0 Å². The third-order valence-corrected chi connectivity index (χ3v) is 2.27. The molecule has 0 heterocycles. The predicted octanol–water partition coefficient (Wildman–Crippen LogP) is 5.26. The van der Waals surface area contributed by atoms with E-state index in [1.165, 1.54) is 50.5 Å². The van der Waals surface area contributed by atoms with Crippen molar-refractivity contribution in [3.63, 3.8) is 0 Å². The maximum Gasteiger partial charge on any atom is -0.0345 e. The monoisotopic (exact) mass is 194 g/mol. The largest absolute Gasteiger partial charge is 0.0885 e. The van der Waals surface area contributed by atoms with Crippen LogP contribution in [0.3, 0.4) is 0 Å². The van der Waals surface area contributed by atoms with E-state index in [0.717, 1.165) is 0 Å². The summed E-state index contributed by atoms with van der Waals surface area (Å²) in [6.07, 6.45) is 16.1. The molecule has 0 bridgehead atoms. The lowest BCUT2D eigenvalue weighted by Gasteiger charge is -1.93. The number of rotatable bonds is 8. The summed E-state index contributed by atoms with van der Waals surface area (Å²) in [7, 11) is 0. The Kier molecular flexibility index (Phi) is 10.2. The van der Waals surface area contributed by atoms with Crippen molar-refractivity contribution >= 4 is 0 Å². The molecule has 0 atom stereocenters. The van der Waals surface area contributed by atoms with Crippen molar-refractivity contribution in [2.75, 3.05) is 0 Å². The van der Waals surface area contributed by atoms with Crippen molar-refractivity contribution in [3.05, 3.63) is 23.8 Å². The minimum atomic E-state index is 1.24. The summed E-state index contributed by atoms with van der Waals surface area (Å²) in [5.41, 5.74) is 1.44. The summed E-state index contributed by atoms with van der Waals surface area (Å²) < 4.78 is 0. The lowest BCUT2D eigenvalue weighted by molar-refractivity contribution is 0.727. The molecule has 0 nitrogen and oxygen atoms in total. The molecular weight excluding hydrogens is 168 g/mol. The van der Waals surface area contributed by atoms with Crippen LogP contribution in [0.5, 0.6) is 0 Å². The third kappa shape index (κ3) is 11.5.